The Hall–Kier alpha value is -5.50. The van der Waals surface area contributed by atoms with Crippen molar-refractivity contribution in [3.63, 3.8) is 0 Å². The van der Waals surface area contributed by atoms with Gasteiger partial charge in [0.25, 0.3) is 0 Å². The monoisotopic (exact) mass is 1310 g/mol. The highest BCUT2D eigenvalue weighted by molar-refractivity contribution is 7.98. The molecule has 1 saturated heterocycles. The van der Waals surface area contributed by atoms with Gasteiger partial charge in [0.1, 0.15) is 35.9 Å². The van der Waals surface area contributed by atoms with Crippen molar-refractivity contribution in [3.05, 3.63) is 23.3 Å². The number of carbonyl (C=O) groups is 8. The maximum Gasteiger partial charge on any atom is 0.248 e. The zero-order valence-corrected chi connectivity index (χ0v) is 53.2. The fraction of sp³-hybridized carbons (Fsp3) is 0.719. The Morgan fingerprint density at radius 1 is 0.844 bits per heavy atom. The van der Waals surface area contributed by atoms with Crippen molar-refractivity contribution >= 4 is 81.1 Å². The number of nitrogens with one attached hydrogen (secondary N) is 8. The zero-order chi connectivity index (χ0) is 65.5. The number of rotatable bonds is 13. The van der Waals surface area contributed by atoms with E-state index in [4.69, 9.17) is 43.6 Å². The second kappa shape index (κ2) is 36.7. The van der Waals surface area contributed by atoms with Crippen molar-refractivity contribution in [1.29, 1.82) is 0 Å². The van der Waals surface area contributed by atoms with Crippen molar-refractivity contribution < 1.29 is 101 Å². The van der Waals surface area contributed by atoms with Crippen LogP contribution in [0.5, 0.6) is 5.75 Å². The molecule has 0 spiro atoms. The summed E-state index contributed by atoms with van der Waals surface area (Å²) in [6.07, 6.45) is -7.11. The van der Waals surface area contributed by atoms with Gasteiger partial charge in [-0.05, 0) is 24.5 Å². The molecule has 13 atom stereocenters. The number of hydrogen-bond acceptors (Lipinski definition) is 23. The molecule has 14 N–H and O–H groups in total. The number of ether oxygens (including phenoxy) is 8. The molecule has 7 bridgehead atoms. The minimum atomic E-state index is -2.48. The maximum absolute atomic E-state index is 15.9. The van der Waals surface area contributed by atoms with Gasteiger partial charge >= 0.3 is 0 Å². The number of hydrogen-bond donors (Lipinski definition) is 13. The first-order chi connectivity index (χ1) is 43.1. The number of fused-ring (bicyclic) bond motifs is 5. The lowest BCUT2D eigenvalue weighted by Gasteiger charge is -2.37. The number of methoxy groups -OCH3 is 2. The first kappa shape index (κ1) is 73.6. The molecule has 90 heavy (non-hydrogen) atoms. The number of nitrogens with two attached hydrogens (primary N) is 1. The van der Waals surface area contributed by atoms with Crippen LogP contribution in [0, 0.1) is 11.8 Å². The second-order valence-corrected chi connectivity index (χ2v) is 25.1. The molecule has 4 unspecified atom stereocenters. The number of amides is 8. The Kier molecular flexibility index (Phi) is 30.0. The van der Waals surface area contributed by atoms with E-state index in [1.54, 1.807) is 26.0 Å². The van der Waals surface area contributed by atoms with Gasteiger partial charge in [-0.15, -0.1) is 0 Å². The number of aliphatic hydroxyl groups excluding tert-OH is 4. The number of aromatic amines is 1. The molecule has 0 radical (unpaired) electrons. The van der Waals surface area contributed by atoms with Gasteiger partial charge in [0.05, 0.1) is 154 Å². The van der Waals surface area contributed by atoms with E-state index in [0.29, 0.717) is 60.8 Å². The van der Waals surface area contributed by atoms with Crippen LogP contribution in [-0.2, 0) is 94.9 Å². The lowest BCUT2D eigenvalue weighted by atomic mass is 9.92. The van der Waals surface area contributed by atoms with Crippen LogP contribution in [0.15, 0.2) is 17.2 Å². The first-order valence-corrected chi connectivity index (χ1v) is 32.5. The molecule has 0 aliphatic carbocycles. The number of H-pyrrole nitrogens is 1. The smallest absolute Gasteiger partial charge is 0.248 e. The molecule has 506 valence electrons. The van der Waals surface area contributed by atoms with E-state index in [1.807, 2.05) is 0 Å². The highest BCUT2D eigenvalue weighted by atomic mass is 32.2. The summed E-state index contributed by atoms with van der Waals surface area (Å²) in [5.74, 6) is -9.72. The number of benzene rings is 1. The quantitative estimate of drug-likeness (QED) is 0.0662. The first-order valence-electron chi connectivity index (χ1n) is 30.0. The number of thioether (sulfide) groups is 1. The fourth-order valence-electron chi connectivity index (χ4n) is 10.8. The SMILES string of the molecule is CC[C@H](C)[C@@H]1NC(=O)CC2(COCCOC)COCCOCCOCCOCCOCCSCc3c(OC)ccc4c5c([nH]c34)[S+]([O-])C[C@H](NC(=O)CNC1=O)C(=O)N[C@@H](CC(N)=O)C(=O)N1C[C@H](O)C[C@H]1C(O)NC([C@@H](C)[C@@H](O)CO)C(=O)N[C@@H](C5)C(=O)N2. The van der Waals surface area contributed by atoms with Crippen LogP contribution in [0.4, 0.5) is 0 Å². The summed E-state index contributed by atoms with van der Waals surface area (Å²) in [4.78, 5) is 121. The van der Waals surface area contributed by atoms with Gasteiger partial charge in [0.2, 0.25) is 52.3 Å². The van der Waals surface area contributed by atoms with Gasteiger partial charge in [-0.2, -0.15) is 11.8 Å². The molecule has 0 saturated carbocycles. The maximum atomic E-state index is 15.9. The third kappa shape index (κ3) is 21.0. The Morgan fingerprint density at radius 2 is 1.52 bits per heavy atom. The van der Waals surface area contributed by atoms with Gasteiger partial charge in [-0.25, -0.2) is 0 Å². The Labute approximate surface area is 529 Å². The largest absolute Gasteiger partial charge is 0.610 e. The summed E-state index contributed by atoms with van der Waals surface area (Å²) in [7, 11) is 2.88. The van der Waals surface area contributed by atoms with Gasteiger partial charge in [0, 0.05) is 65.2 Å². The van der Waals surface area contributed by atoms with E-state index in [1.165, 1.54) is 32.9 Å². The highest BCUT2D eigenvalue weighted by Crippen LogP contribution is 2.37. The summed E-state index contributed by atoms with van der Waals surface area (Å²) in [5.41, 5.74) is 4.74. The summed E-state index contributed by atoms with van der Waals surface area (Å²) < 4.78 is 62.1. The molecular weight excluding hydrogens is 1220 g/mol. The summed E-state index contributed by atoms with van der Waals surface area (Å²) >= 11 is -1.03. The third-order valence-electron chi connectivity index (χ3n) is 15.9. The highest BCUT2D eigenvalue weighted by Gasteiger charge is 2.47. The van der Waals surface area contributed by atoms with Crippen molar-refractivity contribution in [2.24, 2.45) is 17.6 Å². The number of primary amides is 1. The van der Waals surface area contributed by atoms with Crippen LogP contribution in [0.1, 0.15) is 57.6 Å². The number of carbonyl (C=O) groups excluding carboxylic acids is 8. The van der Waals surface area contributed by atoms with Crippen molar-refractivity contribution in [3.8, 4) is 5.75 Å². The minimum Gasteiger partial charge on any atom is -0.610 e. The Bertz CT molecular complexity index is 2720. The van der Waals surface area contributed by atoms with Crippen molar-refractivity contribution in [2.45, 2.75) is 124 Å². The predicted molar refractivity (Wildman–Crippen MR) is 324 cm³/mol. The molecule has 33 heteroatoms. The molecule has 1 aromatic heterocycles. The lowest BCUT2D eigenvalue weighted by molar-refractivity contribution is -0.142. The van der Waals surface area contributed by atoms with Gasteiger partial charge in [-0.1, -0.05) is 27.2 Å². The normalized spacial score (nSPS) is 29.0. The van der Waals surface area contributed by atoms with Gasteiger partial charge in [-0.3, -0.25) is 43.7 Å². The van der Waals surface area contributed by atoms with Gasteiger partial charge in [0.15, 0.2) is 6.04 Å². The van der Waals surface area contributed by atoms with E-state index in [-0.39, 0.29) is 69.0 Å². The van der Waals surface area contributed by atoms with Crippen LogP contribution in [0.2, 0.25) is 0 Å². The Morgan fingerprint density at radius 3 is 2.17 bits per heavy atom. The third-order valence-corrected chi connectivity index (χ3v) is 18.3. The zero-order valence-electron chi connectivity index (χ0n) is 51.5. The lowest BCUT2D eigenvalue weighted by Crippen LogP contribution is -2.65. The number of nitrogens with zero attached hydrogens (tertiary/aromatic N) is 1. The van der Waals surface area contributed by atoms with Crippen LogP contribution in [0.25, 0.3) is 10.9 Å². The Balaban J connectivity index is 1.65. The van der Waals surface area contributed by atoms with Crippen LogP contribution in [-0.4, -0.2) is 274 Å². The molecule has 31 nitrogen and oxygen atoms in total. The average Bonchev–Trinajstić information content (AvgIpc) is 1.69. The number of aromatic nitrogens is 1. The fourth-order valence-corrected chi connectivity index (χ4v) is 13.1. The minimum absolute atomic E-state index is 0.00629. The van der Waals surface area contributed by atoms with E-state index in [0.717, 1.165) is 4.90 Å². The van der Waals surface area contributed by atoms with Crippen molar-refractivity contribution in [1.82, 2.24) is 47.1 Å². The summed E-state index contributed by atoms with van der Waals surface area (Å²) in [6, 6.07) is -6.82. The molecular formula is C57H90N10O21S2. The molecule has 1 fully saturated rings. The molecule has 5 heterocycles. The van der Waals surface area contributed by atoms with Crippen LogP contribution >= 0.6 is 11.8 Å². The molecule has 6 rings (SSSR count). The summed E-state index contributed by atoms with van der Waals surface area (Å²) in [6.45, 7) is 3.39. The molecule has 8 amide bonds. The standard InChI is InChI=1S/C57H90N10O21S2/c1-6-32(2)47-53(77)59-25-46(73)60-40-29-90(80)55-36-22-38(61-54(78)48(33(3)42(70)27-68)64-52(76)41-21-34(69)26-67(41)56(79)39(23-44(58)71)62-50(40)74)51(75)66-57(24-45(72)63-47,30-87-10-9-81-4)31-88-18-17-85-14-13-83-11-12-84-15-16-86-19-20-89-28-37-43(82-5)8-7-35(36)49(37)65-55/h7-8,32-34,38-42,47-48,52,64-65,68-70,76H,6,9-31H2,1-5H3,(H2,58,71)(H,59,77)(H,60,73)(H,61,78)(H,62,74)(H,63,72)(H,66,75)/t32-,33-,34+,38-,39-,40-,41-,42-,47-,48?,52?,57?,90?/m0/s1. The number of aliphatic hydroxyl groups is 4. The van der Waals surface area contributed by atoms with Crippen LogP contribution < -0.4 is 47.7 Å². The van der Waals surface area contributed by atoms with Crippen LogP contribution in [0.3, 0.4) is 0 Å². The van der Waals surface area contributed by atoms with E-state index >= 15 is 14.1 Å². The second-order valence-electron chi connectivity index (χ2n) is 22.6. The molecule has 4 aliphatic rings. The van der Waals surface area contributed by atoms with Crippen molar-refractivity contribution in [2.75, 3.05) is 131 Å². The molecule has 2 aromatic rings. The summed E-state index contributed by atoms with van der Waals surface area (Å²) in [5, 5.41) is 63.7. The molecule has 4 aliphatic heterocycles. The molecule has 1 aromatic carbocycles. The van der Waals surface area contributed by atoms with Gasteiger partial charge < -0.3 is 110 Å². The predicted octanol–water partition coefficient (Wildman–Crippen LogP) is -4.70. The van der Waals surface area contributed by atoms with E-state index < -0.39 is 188 Å². The topological polar surface area (TPSA) is 444 Å². The average molecular weight is 1320 g/mol. The van der Waals surface area contributed by atoms with E-state index in [9.17, 15) is 49.2 Å². The van der Waals surface area contributed by atoms with E-state index in [2.05, 4.69) is 42.2 Å².